The number of nitrogens with zero attached hydrogens (tertiary/aromatic N) is 2. The molecule has 0 aliphatic rings. The summed E-state index contributed by atoms with van der Waals surface area (Å²) in [7, 11) is 0. The number of nitro groups is 1. The van der Waals surface area contributed by atoms with E-state index in [1.165, 1.54) is 6.07 Å². The van der Waals surface area contributed by atoms with Gasteiger partial charge in [0.05, 0.1) is 15.8 Å². The van der Waals surface area contributed by atoms with E-state index in [1.807, 2.05) is 17.6 Å². The van der Waals surface area contributed by atoms with Crippen molar-refractivity contribution in [2.24, 2.45) is 0 Å². The van der Waals surface area contributed by atoms with Gasteiger partial charge in [0.2, 0.25) is 0 Å². The van der Waals surface area contributed by atoms with Crippen LogP contribution in [0.3, 0.4) is 0 Å². The Morgan fingerprint density at radius 3 is 2.94 bits per heavy atom. The second kappa shape index (κ2) is 4.32. The largest absolute Gasteiger partial charge is 0.361 e. The van der Waals surface area contributed by atoms with E-state index in [0.717, 1.165) is 5.52 Å². The molecule has 0 aliphatic heterocycles. The standard InChI is InChI=1S/C11H12N2O3/c1-2-16-8-12-7-6-9-10(12)4-3-5-11(9)13(14)15/h3-7H,2,8H2,1H3. The van der Waals surface area contributed by atoms with Gasteiger partial charge in [0.1, 0.15) is 6.73 Å². The molecule has 0 amide bonds. The lowest BCUT2D eigenvalue weighted by molar-refractivity contribution is -0.383. The van der Waals surface area contributed by atoms with Gasteiger partial charge in [-0.2, -0.15) is 0 Å². The van der Waals surface area contributed by atoms with Gasteiger partial charge in [0, 0.05) is 18.9 Å². The molecular weight excluding hydrogens is 208 g/mol. The van der Waals surface area contributed by atoms with E-state index in [9.17, 15) is 10.1 Å². The summed E-state index contributed by atoms with van der Waals surface area (Å²) in [5, 5.41) is 11.4. The van der Waals surface area contributed by atoms with Gasteiger partial charge in [0.15, 0.2) is 0 Å². The first-order valence-corrected chi connectivity index (χ1v) is 5.04. The van der Waals surface area contributed by atoms with Crippen molar-refractivity contribution in [3.8, 4) is 0 Å². The smallest absolute Gasteiger partial charge is 0.278 e. The third-order valence-corrected chi connectivity index (χ3v) is 2.42. The summed E-state index contributed by atoms with van der Waals surface area (Å²) in [6, 6.07) is 6.78. The summed E-state index contributed by atoms with van der Waals surface area (Å²) in [5.41, 5.74) is 0.954. The van der Waals surface area contributed by atoms with Crippen LogP contribution in [0.2, 0.25) is 0 Å². The van der Waals surface area contributed by atoms with Crippen LogP contribution >= 0.6 is 0 Å². The van der Waals surface area contributed by atoms with Crippen molar-refractivity contribution in [2.75, 3.05) is 6.61 Å². The van der Waals surface area contributed by atoms with Crippen LogP contribution in [0, 0.1) is 10.1 Å². The predicted octanol–water partition coefficient (Wildman–Crippen LogP) is 2.54. The lowest BCUT2D eigenvalue weighted by atomic mass is 10.2. The summed E-state index contributed by atoms with van der Waals surface area (Å²) >= 11 is 0. The molecule has 0 aliphatic carbocycles. The molecule has 84 valence electrons. The Morgan fingerprint density at radius 2 is 2.25 bits per heavy atom. The van der Waals surface area contributed by atoms with Gasteiger partial charge in [-0.15, -0.1) is 0 Å². The van der Waals surface area contributed by atoms with Gasteiger partial charge in [-0.3, -0.25) is 10.1 Å². The number of benzene rings is 1. The minimum atomic E-state index is -0.368. The number of nitro benzene ring substituents is 1. The van der Waals surface area contributed by atoms with Crippen molar-refractivity contribution in [2.45, 2.75) is 13.7 Å². The second-order valence-corrected chi connectivity index (χ2v) is 3.37. The fourth-order valence-electron chi connectivity index (χ4n) is 1.67. The summed E-state index contributed by atoms with van der Waals surface area (Å²) in [5.74, 6) is 0. The Kier molecular flexibility index (Phi) is 2.87. The summed E-state index contributed by atoms with van der Waals surface area (Å²) < 4.78 is 7.13. The molecule has 0 fully saturated rings. The monoisotopic (exact) mass is 220 g/mol. The predicted molar refractivity (Wildman–Crippen MR) is 60.2 cm³/mol. The van der Waals surface area contributed by atoms with Crippen LogP contribution in [0.5, 0.6) is 0 Å². The van der Waals surface area contributed by atoms with Gasteiger partial charge in [-0.1, -0.05) is 6.07 Å². The molecule has 16 heavy (non-hydrogen) atoms. The highest BCUT2D eigenvalue weighted by molar-refractivity contribution is 5.89. The van der Waals surface area contributed by atoms with Crippen LogP contribution < -0.4 is 0 Å². The Morgan fingerprint density at radius 1 is 1.44 bits per heavy atom. The van der Waals surface area contributed by atoms with Crippen molar-refractivity contribution in [1.29, 1.82) is 0 Å². The fraction of sp³-hybridized carbons (Fsp3) is 0.273. The van der Waals surface area contributed by atoms with E-state index in [4.69, 9.17) is 4.74 Å². The van der Waals surface area contributed by atoms with Crippen LogP contribution in [0.15, 0.2) is 30.5 Å². The summed E-state index contributed by atoms with van der Waals surface area (Å²) in [6.45, 7) is 2.95. The number of hydrogen-bond donors (Lipinski definition) is 0. The molecule has 2 aromatic rings. The van der Waals surface area contributed by atoms with Crippen molar-refractivity contribution >= 4 is 16.6 Å². The SMILES string of the molecule is CCOCn1ccc2c([N+](=O)[O-])cccc21. The van der Waals surface area contributed by atoms with Crippen LogP contribution in [0.4, 0.5) is 5.69 Å². The Bertz CT molecular complexity index is 519. The molecule has 0 N–H and O–H groups in total. The number of ether oxygens (including phenoxy) is 1. The highest BCUT2D eigenvalue weighted by Crippen LogP contribution is 2.26. The van der Waals surface area contributed by atoms with Crippen LogP contribution in [-0.2, 0) is 11.5 Å². The fourth-order valence-corrected chi connectivity index (χ4v) is 1.67. The molecule has 1 aromatic carbocycles. The maximum atomic E-state index is 10.8. The lowest BCUT2D eigenvalue weighted by Crippen LogP contribution is -2.00. The number of non-ortho nitro benzene ring substituents is 1. The molecule has 2 rings (SSSR count). The molecule has 0 atom stereocenters. The molecule has 0 saturated heterocycles. The third-order valence-electron chi connectivity index (χ3n) is 2.42. The molecule has 0 unspecified atom stereocenters. The van der Waals surface area contributed by atoms with Crippen molar-refractivity contribution in [3.05, 3.63) is 40.6 Å². The van der Waals surface area contributed by atoms with E-state index in [0.29, 0.717) is 18.7 Å². The van der Waals surface area contributed by atoms with Crippen LogP contribution in [0.25, 0.3) is 10.9 Å². The zero-order chi connectivity index (χ0) is 11.5. The van der Waals surface area contributed by atoms with Crippen molar-refractivity contribution in [3.63, 3.8) is 0 Å². The second-order valence-electron chi connectivity index (χ2n) is 3.37. The zero-order valence-electron chi connectivity index (χ0n) is 8.92. The van der Waals surface area contributed by atoms with Gasteiger partial charge < -0.3 is 9.30 Å². The first kappa shape index (κ1) is 10.6. The summed E-state index contributed by atoms with van der Waals surface area (Å²) in [4.78, 5) is 10.4. The minimum absolute atomic E-state index is 0.132. The van der Waals surface area contributed by atoms with E-state index < -0.39 is 0 Å². The molecule has 0 bridgehead atoms. The van der Waals surface area contributed by atoms with Gasteiger partial charge in [-0.05, 0) is 19.1 Å². The average Bonchev–Trinajstić information content (AvgIpc) is 2.69. The number of aromatic nitrogens is 1. The molecule has 0 saturated carbocycles. The maximum absolute atomic E-state index is 10.8. The van der Waals surface area contributed by atoms with E-state index in [-0.39, 0.29) is 10.6 Å². The molecule has 5 nitrogen and oxygen atoms in total. The Balaban J connectivity index is 2.48. The zero-order valence-corrected chi connectivity index (χ0v) is 8.92. The van der Waals surface area contributed by atoms with Crippen molar-refractivity contribution in [1.82, 2.24) is 4.57 Å². The Hall–Kier alpha value is -1.88. The van der Waals surface area contributed by atoms with Gasteiger partial charge in [0.25, 0.3) is 5.69 Å². The molecule has 5 heteroatoms. The number of fused-ring (bicyclic) bond motifs is 1. The minimum Gasteiger partial charge on any atom is -0.361 e. The molecule has 1 heterocycles. The number of rotatable bonds is 4. The summed E-state index contributed by atoms with van der Waals surface area (Å²) in [6.07, 6.45) is 1.80. The van der Waals surface area contributed by atoms with Crippen molar-refractivity contribution < 1.29 is 9.66 Å². The quantitative estimate of drug-likeness (QED) is 0.587. The van der Waals surface area contributed by atoms with Crippen LogP contribution in [-0.4, -0.2) is 16.1 Å². The van der Waals surface area contributed by atoms with Crippen LogP contribution in [0.1, 0.15) is 6.92 Å². The molecule has 0 radical (unpaired) electrons. The molecule has 1 aromatic heterocycles. The maximum Gasteiger partial charge on any atom is 0.278 e. The average molecular weight is 220 g/mol. The highest BCUT2D eigenvalue weighted by Gasteiger charge is 2.13. The number of hydrogen-bond acceptors (Lipinski definition) is 3. The normalized spacial score (nSPS) is 10.8. The van der Waals surface area contributed by atoms with Gasteiger partial charge in [-0.25, -0.2) is 0 Å². The molecule has 0 spiro atoms. The molecular formula is C11H12N2O3. The van der Waals surface area contributed by atoms with Gasteiger partial charge >= 0.3 is 0 Å². The first-order chi connectivity index (χ1) is 7.74. The lowest BCUT2D eigenvalue weighted by Gasteiger charge is -2.04. The third kappa shape index (κ3) is 1.77. The van der Waals surface area contributed by atoms with E-state index in [2.05, 4.69) is 0 Å². The Labute approximate surface area is 92.4 Å². The van der Waals surface area contributed by atoms with E-state index >= 15 is 0 Å². The topological polar surface area (TPSA) is 57.3 Å². The van der Waals surface area contributed by atoms with E-state index in [1.54, 1.807) is 18.3 Å². The first-order valence-electron chi connectivity index (χ1n) is 5.04. The highest BCUT2D eigenvalue weighted by atomic mass is 16.6.